The molecule has 0 saturated heterocycles. The van der Waals surface area contributed by atoms with Crippen molar-refractivity contribution >= 4 is 29.7 Å². The molecule has 0 aromatic carbocycles. The van der Waals surface area contributed by atoms with E-state index in [1.54, 1.807) is 0 Å². The second-order valence-corrected chi connectivity index (χ2v) is 14.2. The Morgan fingerprint density at radius 1 is 0.350 bits per heavy atom. The third-order valence-corrected chi connectivity index (χ3v) is 8.97. The molecule has 352 valence electrons. The SMILES string of the molecule is O=C(O)CCCCCCCCCCCCCCCCC(=O)N[C@@H](CCC(=O)NCCOCCOCCOCCOCCOCCOCCOCCOCCC(=O)O)C(=O)O. The summed E-state index contributed by atoms with van der Waals surface area (Å²) in [4.78, 5) is 57.0. The Bertz CT molecular complexity index is 1040. The maximum absolute atomic E-state index is 12.3. The minimum absolute atomic E-state index is 0.00499. The highest BCUT2D eigenvalue weighted by Gasteiger charge is 2.20. The van der Waals surface area contributed by atoms with Gasteiger partial charge in [-0.3, -0.25) is 19.2 Å². The average Bonchev–Trinajstić information content (AvgIpc) is 3.21. The predicted molar refractivity (Wildman–Crippen MR) is 222 cm³/mol. The van der Waals surface area contributed by atoms with Gasteiger partial charge in [0.25, 0.3) is 0 Å². The molecule has 0 spiro atoms. The van der Waals surface area contributed by atoms with E-state index >= 15 is 0 Å². The zero-order valence-electron chi connectivity index (χ0n) is 36.2. The normalized spacial score (nSPS) is 11.7. The molecule has 0 aliphatic heterocycles. The molecular formula is C42H78N2O16. The summed E-state index contributed by atoms with van der Waals surface area (Å²) in [5.74, 6) is -3.38. The molecule has 2 amide bonds. The Balaban J connectivity index is 3.48. The number of aliphatic carboxylic acids is 3. The van der Waals surface area contributed by atoms with Gasteiger partial charge in [-0.25, -0.2) is 4.79 Å². The fourth-order valence-corrected chi connectivity index (χ4v) is 5.63. The van der Waals surface area contributed by atoms with Crippen LogP contribution in [0.5, 0.6) is 0 Å². The van der Waals surface area contributed by atoms with Crippen molar-refractivity contribution in [3.63, 3.8) is 0 Å². The van der Waals surface area contributed by atoms with Crippen molar-refractivity contribution in [1.29, 1.82) is 0 Å². The van der Waals surface area contributed by atoms with Crippen LogP contribution >= 0.6 is 0 Å². The monoisotopic (exact) mass is 867 g/mol. The van der Waals surface area contributed by atoms with E-state index in [1.165, 1.54) is 44.9 Å². The second kappa shape index (κ2) is 45.6. The summed E-state index contributed by atoms with van der Waals surface area (Å²) in [6, 6.07) is -1.11. The number of carboxylic acid groups (broad SMARTS) is 3. The fraction of sp³-hybridized carbons (Fsp3) is 0.881. The van der Waals surface area contributed by atoms with Crippen molar-refractivity contribution in [2.75, 3.05) is 112 Å². The third kappa shape index (κ3) is 46.1. The molecule has 0 bridgehead atoms. The summed E-state index contributed by atoms with van der Waals surface area (Å²) in [6.45, 7) is 6.48. The van der Waals surface area contributed by atoms with Gasteiger partial charge in [-0.15, -0.1) is 0 Å². The van der Waals surface area contributed by atoms with Crippen LogP contribution in [0, 0.1) is 0 Å². The molecule has 0 unspecified atom stereocenters. The quantitative estimate of drug-likeness (QED) is 0.0533. The largest absolute Gasteiger partial charge is 0.481 e. The maximum Gasteiger partial charge on any atom is 0.326 e. The summed E-state index contributed by atoms with van der Waals surface area (Å²) in [5, 5.41) is 31.9. The van der Waals surface area contributed by atoms with Gasteiger partial charge in [0, 0.05) is 25.8 Å². The number of hydrogen-bond acceptors (Lipinski definition) is 13. The number of carbonyl (C=O) groups is 5. The van der Waals surface area contributed by atoms with Crippen molar-refractivity contribution < 1.29 is 77.2 Å². The number of unbranched alkanes of at least 4 members (excludes halogenated alkanes) is 13. The molecule has 0 fully saturated rings. The van der Waals surface area contributed by atoms with E-state index < -0.39 is 23.9 Å². The van der Waals surface area contributed by atoms with Crippen molar-refractivity contribution in [3.05, 3.63) is 0 Å². The summed E-state index contributed by atoms with van der Waals surface area (Å²) >= 11 is 0. The van der Waals surface area contributed by atoms with E-state index in [9.17, 15) is 29.1 Å². The third-order valence-electron chi connectivity index (χ3n) is 8.97. The van der Waals surface area contributed by atoms with E-state index in [1.807, 2.05) is 0 Å². The van der Waals surface area contributed by atoms with Gasteiger partial charge in [0.1, 0.15) is 6.04 Å². The van der Waals surface area contributed by atoms with Crippen LogP contribution in [0.2, 0.25) is 0 Å². The van der Waals surface area contributed by atoms with Gasteiger partial charge in [-0.05, 0) is 19.3 Å². The minimum atomic E-state index is -1.16. The molecule has 5 N–H and O–H groups in total. The fourth-order valence-electron chi connectivity index (χ4n) is 5.63. The number of ether oxygens (including phenoxy) is 8. The molecule has 18 heteroatoms. The Morgan fingerprint density at radius 3 is 1.02 bits per heavy atom. The zero-order chi connectivity index (χ0) is 44.0. The van der Waals surface area contributed by atoms with Crippen LogP contribution in [0.1, 0.15) is 122 Å². The lowest BCUT2D eigenvalue weighted by Crippen LogP contribution is -2.41. The number of carboxylic acids is 3. The lowest BCUT2D eigenvalue weighted by Gasteiger charge is -2.14. The van der Waals surface area contributed by atoms with Gasteiger partial charge in [-0.2, -0.15) is 0 Å². The van der Waals surface area contributed by atoms with Gasteiger partial charge < -0.3 is 63.8 Å². The summed E-state index contributed by atoms with van der Waals surface area (Å²) in [5.41, 5.74) is 0. The lowest BCUT2D eigenvalue weighted by molar-refractivity contribution is -0.142. The molecule has 18 nitrogen and oxygen atoms in total. The lowest BCUT2D eigenvalue weighted by atomic mass is 10.0. The van der Waals surface area contributed by atoms with Crippen molar-refractivity contribution in [2.45, 2.75) is 128 Å². The predicted octanol–water partition coefficient (Wildman–Crippen LogP) is 4.39. The Morgan fingerprint density at radius 2 is 0.667 bits per heavy atom. The van der Waals surface area contributed by atoms with Crippen LogP contribution in [0.25, 0.3) is 0 Å². The summed E-state index contributed by atoms with van der Waals surface area (Å²) < 4.78 is 43.1. The first kappa shape index (κ1) is 57.0. The van der Waals surface area contributed by atoms with Crippen LogP contribution in [0.15, 0.2) is 0 Å². The topological polar surface area (TPSA) is 244 Å². The zero-order valence-corrected chi connectivity index (χ0v) is 36.2. The van der Waals surface area contributed by atoms with Crippen molar-refractivity contribution in [2.24, 2.45) is 0 Å². The van der Waals surface area contributed by atoms with Gasteiger partial charge in [-0.1, -0.05) is 77.0 Å². The number of hydrogen-bond donors (Lipinski definition) is 5. The van der Waals surface area contributed by atoms with Crippen LogP contribution < -0.4 is 10.6 Å². The summed E-state index contributed by atoms with van der Waals surface area (Å²) in [6.07, 6.45) is 15.7. The molecular weight excluding hydrogens is 788 g/mol. The molecule has 0 heterocycles. The van der Waals surface area contributed by atoms with Crippen LogP contribution in [-0.4, -0.2) is 163 Å². The first-order valence-electron chi connectivity index (χ1n) is 22.1. The Kier molecular flexibility index (Phi) is 43.3. The van der Waals surface area contributed by atoms with E-state index in [-0.39, 0.29) is 63.7 Å². The first-order valence-corrected chi connectivity index (χ1v) is 22.1. The molecule has 60 heavy (non-hydrogen) atoms. The highest BCUT2D eigenvalue weighted by atomic mass is 16.6. The number of carbonyl (C=O) groups excluding carboxylic acids is 2. The van der Waals surface area contributed by atoms with E-state index in [0.29, 0.717) is 98.9 Å². The second-order valence-electron chi connectivity index (χ2n) is 14.2. The van der Waals surface area contributed by atoms with Gasteiger partial charge >= 0.3 is 17.9 Å². The highest BCUT2D eigenvalue weighted by molar-refractivity contribution is 5.84. The van der Waals surface area contributed by atoms with E-state index in [2.05, 4.69) is 10.6 Å². The highest BCUT2D eigenvalue weighted by Crippen LogP contribution is 2.14. The van der Waals surface area contributed by atoms with Crippen LogP contribution in [0.4, 0.5) is 0 Å². The van der Waals surface area contributed by atoms with Crippen LogP contribution in [0.3, 0.4) is 0 Å². The van der Waals surface area contributed by atoms with E-state index in [4.69, 9.17) is 48.1 Å². The van der Waals surface area contributed by atoms with Crippen molar-refractivity contribution in [1.82, 2.24) is 10.6 Å². The van der Waals surface area contributed by atoms with Crippen LogP contribution in [-0.2, 0) is 61.9 Å². The minimum Gasteiger partial charge on any atom is -0.481 e. The van der Waals surface area contributed by atoms with Gasteiger partial charge in [0.15, 0.2) is 0 Å². The molecule has 0 aliphatic carbocycles. The smallest absolute Gasteiger partial charge is 0.326 e. The van der Waals surface area contributed by atoms with Gasteiger partial charge in [0.2, 0.25) is 11.8 Å². The molecule has 0 aliphatic rings. The first-order chi connectivity index (χ1) is 29.2. The molecule has 0 radical (unpaired) electrons. The summed E-state index contributed by atoms with van der Waals surface area (Å²) in [7, 11) is 0. The van der Waals surface area contributed by atoms with E-state index in [0.717, 1.165) is 38.5 Å². The maximum atomic E-state index is 12.3. The van der Waals surface area contributed by atoms with Gasteiger partial charge in [0.05, 0.1) is 112 Å². The average molecular weight is 867 g/mol. The number of rotatable bonds is 49. The molecule has 0 rings (SSSR count). The van der Waals surface area contributed by atoms with Crippen molar-refractivity contribution in [3.8, 4) is 0 Å². The Labute approximate surface area is 357 Å². The standard InChI is InChI=1S/C42H78N2O16/c45-38(18-17-37(42(51)52)44-39(46)15-13-11-9-7-5-3-1-2-4-6-8-10-12-14-16-40(47)48)43-20-22-54-24-26-56-28-30-58-32-34-60-36-35-59-33-31-57-29-27-55-25-23-53-21-19-41(49)50/h37H,1-36H2,(H,43,45)(H,44,46)(H,47,48)(H,49,50)(H,51,52)/t37-/m0/s1. The number of amides is 2. The number of nitrogens with one attached hydrogen (secondary N) is 2. The molecule has 0 aromatic heterocycles. The molecule has 0 aromatic rings. The Hall–Kier alpha value is -2.97. The molecule has 0 saturated carbocycles. The molecule has 1 atom stereocenters.